The van der Waals surface area contributed by atoms with Gasteiger partial charge in [-0.1, -0.05) is 24.8 Å². The molecule has 2 fully saturated rings. The highest BCUT2D eigenvalue weighted by Crippen LogP contribution is 2.41. The Labute approximate surface area is 234 Å². The van der Waals surface area contributed by atoms with Crippen LogP contribution in [0.5, 0.6) is 0 Å². The zero-order valence-electron chi connectivity index (χ0n) is 23.2. The first kappa shape index (κ1) is 26.7. The van der Waals surface area contributed by atoms with Gasteiger partial charge in [-0.05, 0) is 75.1 Å². The maximum atomic E-state index is 13.5. The molecule has 2 amide bonds. The van der Waals surface area contributed by atoms with Gasteiger partial charge >= 0.3 is 0 Å². The van der Waals surface area contributed by atoms with E-state index < -0.39 is 20.8 Å². The Balaban J connectivity index is 1.22. The fourth-order valence-electron chi connectivity index (χ4n) is 6.16. The predicted octanol–water partition coefficient (Wildman–Crippen LogP) is 4.14. The van der Waals surface area contributed by atoms with Crippen LogP contribution in [-0.4, -0.2) is 58.2 Å². The molecule has 210 valence electrons. The normalized spacial score (nSPS) is 20.9. The number of aromatic nitrogens is 2. The monoisotopic (exact) mass is 561 g/mol. The van der Waals surface area contributed by atoms with Crippen LogP contribution in [0.1, 0.15) is 74.0 Å². The molecular formula is C30H35N5O4S. The molecule has 1 atom stereocenters. The first-order valence-corrected chi connectivity index (χ1v) is 15.3. The number of hydrogen-bond donors (Lipinski definition) is 1. The molecule has 1 unspecified atom stereocenters. The number of amides is 2. The molecule has 0 bridgehead atoms. The highest BCUT2D eigenvalue weighted by atomic mass is 32.2. The molecule has 4 heterocycles. The van der Waals surface area contributed by atoms with E-state index in [0.717, 1.165) is 40.4 Å². The Kier molecular flexibility index (Phi) is 6.38. The summed E-state index contributed by atoms with van der Waals surface area (Å²) in [7, 11) is -3.33. The van der Waals surface area contributed by atoms with Crippen molar-refractivity contribution < 1.29 is 18.0 Å². The molecular weight excluding hydrogens is 526 g/mol. The third-order valence-corrected chi connectivity index (χ3v) is 11.0. The van der Waals surface area contributed by atoms with Crippen molar-refractivity contribution in [3.8, 4) is 0 Å². The van der Waals surface area contributed by atoms with Gasteiger partial charge in [0.25, 0.3) is 5.91 Å². The van der Waals surface area contributed by atoms with Crippen molar-refractivity contribution in [3.63, 3.8) is 0 Å². The number of piperidine rings is 2. The van der Waals surface area contributed by atoms with Crippen molar-refractivity contribution in [2.24, 2.45) is 0 Å². The lowest BCUT2D eigenvalue weighted by atomic mass is 9.97. The Hall–Kier alpha value is -3.50. The van der Waals surface area contributed by atoms with Crippen LogP contribution in [0, 0.1) is 0 Å². The zero-order chi connectivity index (χ0) is 28.4. The summed E-state index contributed by atoms with van der Waals surface area (Å²) in [4.78, 5) is 27.9. The Morgan fingerprint density at radius 2 is 1.82 bits per heavy atom. The van der Waals surface area contributed by atoms with Gasteiger partial charge in [-0.3, -0.25) is 19.2 Å². The number of anilines is 1. The lowest BCUT2D eigenvalue weighted by Crippen LogP contribution is -2.51. The van der Waals surface area contributed by atoms with Crippen LogP contribution in [0.2, 0.25) is 0 Å². The Morgan fingerprint density at radius 3 is 2.52 bits per heavy atom. The molecule has 3 aliphatic heterocycles. The van der Waals surface area contributed by atoms with Crippen LogP contribution in [0.25, 0.3) is 10.8 Å². The van der Waals surface area contributed by atoms with E-state index in [1.54, 1.807) is 30.0 Å². The van der Waals surface area contributed by atoms with E-state index in [2.05, 4.69) is 23.2 Å². The number of carbonyl (C=O) groups is 2. The minimum atomic E-state index is -3.33. The summed E-state index contributed by atoms with van der Waals surface area (Å²) in [6.07, 6.45) is 7.21. The van der Waals surface area contributed by atoms with Gasteiger partial charge in [-0.15, -0.1) is 0 Å². The van der Waals surface area contributed by atoms with Gasteiger partial charge in [0, 0.05) is 42.4 Å². The Bertz CT molecular complexity index is 1640. The fourth-order valence-corrected chi connectivity index (χ4v) is 7.63. The van der Waals surface area contributed by atoms with Crippen LogP contribution >= 0.6 is 0 Å². The lowest BCUT2D eigenvalue weighted by Gasteiger charge is -2.35. The lowest BCUT2D eigenvalue weighted by molar-refractivity contribution is -0.122. The van der Waals surface area contributed by atoms with Gasteiger partial charge in [0.15, 0.2) is 0 Å². The van der Waals surface area contributed by atoms with Crippen molar-refractivity contribution in [3.05, 3.63) is 71.7 Å². The van der Waals surface area contributed by atoms with Crippen LogP contribution in [-0.2, 0) is 21.2 Å². The van der Waals surface area contributed by atoms with Gasteiger partial charge in [0.1, 0.15) is 6.04 Å². The molecule has 40 heavy (non-hydrogen) atoms. The number of hydrogen-bond acceptors (Lipinski definition) is 5. The highest BCUT2D eigenvalue weighted by molar-refractivity contribution is 7.90. The average Bonchev–Trinajstić information content (AvgIpc) is 3.49. The van der Waals surface area contributed by atoms with E-state index >= 15 is 0 Å². The number of nitrogens with zero attached hydrogens (tertiary/aromatic N) is 4. The standard InChI is InChI=1S/C30H35N5O4S/c1-19-8-10-26(28(36)32-19)35-25-11-9-21(23-6-5-7-24(27(23)25)29(35)37)16-20-17-31-34(18-20)22-12-14-33(15-13-22)40(38,39)30(2,3)4/h5-7,9,11,17-18,22,26H,1,8,10,12-16H2,2-4H3,(H,32,36). The van der Waals surface area contributed by atoms with E-state index in [9.17, 15) is 18.0 Å². The van der Waals surface area contributed by atoms with Gasteiger partial charge in [-0.2, -0.15) is 5.10 Å². The number of nitrogens with one attached hydrogen (secondary N) is 1. The van der Waals surface area contributed by atoms with E-state index in [-0.39, 0.29) is 17.9 Å². The van der Waals surface area contributed by atoms with Crippen LogP contribution in [0.15, 0.2) is 55.0 Å². The minimum absolute atomic E-state index is 0.141. The SMILES string of the molecule is C=C1CCC(N2C(=O)c3cccc4c(Cc5cnn(C6CCN(S(=O)(=O)C(C)(C)C)CC6)c5)ccc2c34)C(=O)N1. The van der Waals surface area contributed by atoms with Crippen LogP contribution in [0.4, 0.5) is 5.69 Å². The molecule has 0 spiro atoms. The third kappa shape index (κ3) is 4.34. The number of benzene rings is 2. The quantitative estimate of drug-likeness (QED) is 0.504. The van der Waals surface area contributed by atoms with Crippen molar-refractivity contribution in [2.45, 2.75) is 69.7 Å². The first-order chi connectivity index (χ1) is 19.0. The summed E-state index contributed by atoms with van der Waals surface area (Å²) in [5.74, 6) is -0.332. The summed E-state index contributed by atoms with van der Waals surface area (Å²) < 4.78 is 28.4. The highest BCUT2D eigenvalue weighted by Gasteiger charge is 2.40. The number of carbonyl (C=O) groups excluding carboxylic acids is 2. The summed E-state index contributed by atoms with van der Waals surface area (Å²) in [6.45, 7) is 10.1. The second kappa shape index (κ2) is 9.55. The minimum Gasteiger partial charge on any atom is -0.329 e. The summed E-state index contributed by atoms with van der Waals surface area (Å²) in [6, 6.07) is 9.37. The molecule has 2 aromatic carbocycles. The molecule has 10 heteroatoms. The van der Waals surface area contributed by atoms with E-state index in [4.69, 9.17) is 0 Å². The average molecular weight is 562 g/mol. The van der Waals surface area contributed by atoms with Crippen molar-refractivity contribution in [2.75, 3.05) is 18.0 Å². The molecule has 9 nitrogen and oxygen atoms in total. The van der Waals surface area contributed by atoms with Gasteiger partial charge in [0.05, 0.1) is 22.7 Å². The van der Waals surface area contributed by atoms with Crippen LogP contribution in [0.3, 0.4) is 0 Å². The van der Waals surface area contributed by atoms with Crippen molar-refractivity contribution in [1.29, 1.82) is 0 Å². The van der Waals surface area contributed by atoms with Crippen molar-refractivity contribution >= 4 is 38.3 Å². The summed E-state index contributed by atoms with van der Waals surface area (Å²) >= 11 is 0. The molecule has 6 rings (SSSR count). The topological polar surface area (TPSA) is 105 Å². The molecule has 3 aromatic rings. The zero-order valence-corrected chi connectivity index (χ0v) is 24.0. The number of sulfonamides is 1. The van der Waals surface area contributed by atoms with E-state index in [1.165, 1.54) is 0 Å². The number of allylic oxidation sites excluding steroid dienone is 1. The molecule has 1 N–H and O–H groups in total. The molecule has 0 aliphatic carbocycles. The Morgan fingerprint density at radius 1 is 1.07 bits per heavy atom. The van der Waals surface area contributed by atoms with Crippen molar-refractivity contribution in [1.82, 2.24) is 19.4 Å². The smallest absolute Gasteiger partial charge is 0.259 e. The molecule has 2 saturated heterocycles. The number of rotatable bonds is 5. The largest absolute Gasteiger partial charge is 0.329 e. The second-order valence-electron chi connectivity index (χ2n) is 12.0. The maximum Gasteiger partial charge on any atom is 0.259 e. The van der Waals surface area contributed by atoms with Gasteiger partial charge in [0.2, 0.25) is 15.9 Å². The summed E-state index contributed by atoms with van der Waals surface area (Å²) in [5, 5.41) is 9.33. The molecule has 1 aromatic heterocycles. The predicted molar refractivity (Wildman–Crippen MR) is 155 cm³/mol. The van der Waals surface area contributed by atoms with Gasteiger partial charge < -0.3 is 5.32 Å². The second-order valence-corrected chi connectivity index (χ2v) is 14.7. The van der Waals surface area contributed by atoms with Crippen LogP contribution < -0.4 is 10.2 Å². The first-order valence-electron chi connectivity index (χ1n) is 13.9. The van der Waals surface area contributed by atoms with E-state index in [0.29, 0.717) is 43.6 Å². The van der Waals surface area contributed by atoms with E-state index in [1.807, 2.05) is 41.2 Å². The fraction of sp³-hybridized carbons (Fsp3) is 0.433. The molecule has 0 radical (unpaired) electrons. The molecule has 0 saturated carbocycles. The van der Waals surface area contributed by atoms with Gasteiger partial charge in [-0.25, -0.2) is 12.7 Å². The maximum absolute atomic E-state index is 13.5. The summed E-state index contributed by atoms with van der Waals surface area (Å²) in [5.41, 5.74) is 4.23. The third-order valence-electron chi connectivity index (χ3n) is 8.41. The molecule has 3 aliphatic rings.